The van der Waals surface area contributed by atoms with E-state index in [0.717, 1.165) is 29.8 Å². The summed E-state index contributed by atoms with van der Waals surface area (Å²) in [5.41, 5.74) is 1.46. The highest BCUT2D eigenvalue weighted by atomic mass is 32.2. The maximum atomic E-state index is 13.0. The summed E-state index contributed by atoms with van der Waals surface area (Å²) >= 11 is 1.28. The minimum atomic E-state index is -3.40. The number of thioether (sulfide) groups is 1. The number of piperidine rings is 1. The van der Waals surface area contributed by atoms with E-state index in [1.165, 1.54) is 11.8 Å². The number of hydrogen-bond donors (Lipinski definition) is 1. The average molecular weight is 437 g/mol. The predicted molar refractivity (Wildman–Crippen MR) is 113 cm³/mol. The highest BCUT2D eigenvalue weighted by molar-refractivity contribution is 8.15. The number of amides is 2. The molecule has 2 amide bonds. The number of likely N-dealkylation sites (tertiary alicyclic amines) is 1. The standard InChI is InChI=1S/C19H24N4O4S2/c1-2-4-17(24)20-14-5-3-8-22(12-14)18(25)13-6-7-15-16(11-13)28-19-21-29(26,27)10-9-23(15)19/h6-7,11,14H,2-5,8-10,12H2,1H3,(H,20,24). The van der Waals surface area contributed by atoms with Crippen LogP contribution in [-0.4, -0.2) is 61.7 Å². The topological polar surface area (TPSA) is 99.1 Å². The second kappa shape index (κ2) is 7.98. The van der Waals surface area contributed by atoms with E-state index in [1.807, 2.05) is 24.0 Å². The van der Waals surface area contributed by atoms with Gasteiger partial charge in [0.05, 0.1) is 11.4 Å². The maximum Gasteiger partial charge on any atom is 0.257 e. The number of nitrogens with zero attached hydrogens (tertiary/aromatic N) is 3. The van der Waals surface area contributed by atoms with E-state index in [4.69, 9.17) is 0 Å². The van der Waals surface area contributed by atoms with Gasteiger partial charge in [-0.15, -0.1) is 4.40 Å². The zero-order valence-electron chi connectivity index (χ0n) is 16.3. The van der Waals surface area contributed by atoms with Crippen molar-refractivity contribution in [2.75, 3.05) is 30.3 Å². The largest absolute Gasteiger partial charge is 0.352 e. The summed E-state index contributed by atoms with van der Waals surface area (Å²) in [7, 11) is -3.40. The Morgan fingerprint density at radius 3 is 2.93 bits per heavy atom. The molecule has 0 aromatic heterocycles. The predicted octanol–water partition coefficient (Wildman–Crippen LogP) is 1.82. The molecular formula is C19H24N4O4S2. The fourth-order valence-corrected chi connectivity index (χ4v) is 6.15. The molecule has 0 saturated carbocycles. The number of carbonyl (C=O) groups excluding carboxylic acids is 2. The molecule has 0 radical (unpaired) electrons. The molecule has 1 fully saturated rings. The van der Waals surface area contributed by atoms with Gasteiger partial charge < -0.3 is 15.1 Å². The number of nitrogens with one attached hydrogen (secondary N) is 1. The average Bonchev–Trinajstić information content (AvgIpc) is 3.03. The second-order valence-electron chi connectivity index (χ2n) is 7.50. The van der Waals surface area contributed by atoms with Crippen LogP contribution in [0.5, 0.6) is 0 Å². The van der Waals surface area contributed by atoms with Gasteiger partial charge >= 0.3 is 0 Å². The van der Waals surface area contributed by atoms with Gasteiger partial charge in [0.25, 0.3) is 15.9 Å². The Kier molecular flexibility index (Phi) is 5.56. The van der Waals surface area contributed by atoms with Crippen molar-refractivity contribution in [3.8, 4) is 0 Å². The van der Waals surface area contributed by atoms with Crippen molar-refractivity contribution < 1.29 is 18.0 Å². The quantitative estimate of drug-likeness (QED) is 0.773. The first kappa shape index (κ1) is 20.2. The molecule has 1 N–H and O–H groups in total. The first-order valence-corrected chi connectivity index (χ1v) is 12.3. The van der Waals surface area contributed by atoms with Gasteiger partial charge in [0.15, 0.2) is 5.17 Å². The number of anilines is 1. The number of rotatable bonds is 4. The van der Waals surface area contributed by atoms with Crippen LogP contribution in [0.1, 0.15) is 43.0 Å². The molecule has 0 spiro atoms. The first-order chi connectivity index (χ1) is 13.9. The third-order valence-electron chi connectivity index (χ3n) is 5.27. The summed E-state index contributed by atoms with van der Waals surface area (Å²) in [4.78, 5) is 29.4. The first-order valence-electron chi connectivity index (χ1n) is 9.87. The molecule has 3 aliphatic rings. The Morgan fingerprint density at radius 1 is 1.31 bits per heavy atom. The van der Waals surface area contributed by atoms with E-state index < -0.39 is 10.0 Å². The van der Waals surface area contributed by atoms with Crippen molar-refractivity contribution in [2.45, 2.75) is 43.5 Å². The molecule has 1 aromatic rings. The zero-order valence-corrected chi connectivity index (χ0v) is 17.9. The van der Waals surface area contributed by atoms with Crippen molar-refractivity contribution in [1.29, 1.82) is 0 Å². The normalized spacial score (nSPS) is 22.5. The zero-order chi connectivity index (χ0) is 20.6. The summed E-state index contributed by atoms with van der Waals surface area (Å²) < 4.78 is 27.4. The molecule has 1 saturated heterocycles. The molecule has 10 heteroatoms. The summed E-state index contributed by atoms with van der Waals surface area (Å²) in [5, 5.41) is 3.47. The van der Waals surface area contributed by atoms with Gasteiger partial charge in [-0.05, 0) is 49.2 Å². The lowest BCUT2D eigenvalue weighted by molar-refractivity contribution is -0.122. The smallest absolute Gasteiger partial charge is 0.257 e. The highest BCUT2D eigenvalue weighted by Crippen LogP contribution is 2.42. The van der Waals surface area contributed by atoms with E-state index in [1.54, 1.807) is 11.0 Å². The SMILES string of the molecule is CCCC(=O)NC1CCCN(C(=O)c2ccc3c(c2)SC2=NS(=O)(=O)CCN23)C1. The molecular weight excluding hydrogens is 412 g/mol. The number of hydrogen-bond acceptors (Lipinski definition) is 6. The molecule has 1 atom stereocenters. The van der Waals surface area contributed by atoms with E-state index in [2.05, 4.69) is 9.71 Å². The lowest BCUT2D eigenvalue weighted by Crippen LogP contribution is -2.49. The summed E-state index contributed by atoms with van der Waals surface area (Å²) in [6.07, 6.45) is 3.04. The van der Waals surface area contributed by atoms with Crippen LogP contribution in [-0.2, 0) is 14.8 Å². The molecule has 3 heterocycles. The van der Waals surface area contributed by atoms with Crippen molar-refractivity contribution in [2.24, 2.45) is 4.40 Å². The molecule has 1 aromatic carbocycles. The van der Waals surface area contributed by atoms with Gasteiger partial charge in [-0.25, -0.2) is 8.42 Å². The van der Waals surface area contributed by atoms with Crippen molar-refractivity contribution in [1.82, 2.24) is 10.2 Å². The van der Waals surface area contributed by atoms with Gasteiger partial charge in [0, 0.05) is 42.6 Å². The Labute approximate surface area is 174 Å². The number of benzene rings is 1. The van der Waals surface area contributed by atoms with Crippen LogP contribution >= 0.6 is 11.8 Å². The highest BCUT2D eigenvalue weighted by Gasteiger charge is 2.34. The van der Waals surface area contributed by atoms with Crippen LogP contribution in [0.3, 0.4) is 0 Å². The van der Waals surface area contributed by atoms with Gasteiger partial charge in [0.2, 0.25) is 5.91 Å². The fraction of sp³-hybridized carbons (Fsp3) is 0.526. The van der Waals surface area contributed by atoms with Crippen LogP contribution < -0.4 is 10.2 Å². The Balaban J connectivity index is 1.48. The van der Waals surface area contributed by atoms with Crippen LogP contribution in [0.2, 0.25) is 0 Å². The third-order valence-corrected chi connectivity index (χ3v) is 7.58. The summed E-state index contributed by atoms with van der Waals surface area (Å²) in [6.45, 7) is 3.52. The number of carbonyl (C=O) groups is 2. The Hall–Kier alpha value is -2.07. The minimum absolute atomic E-state index is 0.00387. The van der Waals surface area contributed by atoms with E-state index in [9.17, 15) is 18.0 Å². The number of fused-ring (bicyclic) bond motifs is 3. The monoisotopic (exact) mass is 436 g/mol. The minimum Gasteiger partial charge on any atom is -0.352 e. The fourth-order valence-electron chi connectivity index (χ4n) is 3.85. The molecule has 0 aliphatic carbocycles. The van der Waals surface area contributed by atoms with Crippen molar-refractivity contribution in [3.63, 3.8) is 0 Å². The van der Waals surface area contributed by atoms with Crippen LogP contribution in [0.25, 0.3) is 0 Å². The second-order valence-corrected chi connectivity index (χ2v) is 10.3. The molecule has 1 unspecified atom stereocenters. The van der Waals surface area contributed by atoms with Gasteiger partial charge in [-0.2, -0.15) is 0 Å². The third kappa shape index (κ3) is 4.28. The molecule has 8 nitrogen and oxygen atoms in total. The van der Waals surface area contributed by atoms with Crippen molar-refractivity contribution in [3.05, 3.63) is 23.8 Å². The van der Waals surface area contributed by atoms with Crippen molar-refractivity contribution >= 4 is 44.5 Å². The maximum absolute atomic E-state index is 13.0. The van der Waals surface area contributed by atoms with E-state index in [0.29, 0.717) is 36.8 Å². The van der Waals surface area contributed by atoms with Gasteiger partial charge in [-0.1, -0.05) is 6.92 Å². The van der Waals surface area contributed by atoms with E-state index >= 15 is 0 Å². The van der Waals surface area contributed by atoms with E-state index in [-0.39, 0.29) is 23.6 Å². The molecule has 0 bridgehead atoms. The van der Waals surface area contributed by atoms with Gasteiger partial charge in [0.1, 0.15) is 0 Å². The van der Waals surface area contributed by atoms with Crippen LogP contribution in [0.4, 0.5) is 5.69 Å². The molecule has 156 valence electrons. The molecule has 3 aliphatic heterocycles. The number of amidine groups is 1. The molecule has 29 heavy (non-hydrogen) atoms. The Morgan fingerprint density at radius 2 is 2.14 bits per heavy atom. The molecule has 4 rings (SSSR count). The van der Waals surface area contributed by atoms with Crippen LogP contribution in [0.15, 0.2) is 27.5 Å². The number of sulfonamides is 1. The lowest BCUT2D eigenvalue weighted by Gasteiger charge is -2.33. The summed E-state index contributed by atoms with van der Waals surface area (Å²) in [6, 6.07) is 5.45. The summed E-state index contributed by atoms with van der Waals surface area (Å²) in [5.74, 6) is -0.0359. The van der Waals surface area contributed by atoms with Crippen LogP contribution in [0, 0.1) is 0 Å². The lowest BCUT2D eigenvalue weighted by atomic mass is 10.0. The Bertz CT molecular complexity index is 976. The van der Waals surface area contributed by atoms with Gasteiger partial charge in [-0.3, -0.25) is 9.59 Å².